The first-order valence-corrected chi connectivity index (χ1v) is 8.78. The molecule has 3 rings (SSSR count). The number of amides is 2. The van der Waals surface area contributed by atoms with Gasteiger partial charge in [0.2, 0.25) is 11.8 Å². The van der Waals surface area contributed by atoms with E-state index in [0.717, 1.165) is 22.6 Å². The zero-order valence-corrected chi connectivity index (χ0v) is 16.0. The number of imidazole rings is 1. The number of aromatic amines is 1. The maximum atomic E-state index is 12.8. The van der Waals surface area contributed by atoms with Gasteiger partial charge in [0.25, 0.3) is 0 Å². The molecule has 0 bridgehead atoms. The van der Waals surface area contributed by atoms with Gasteiger partial charge in [0.1, 0.15) is 11.6 Å². The Morgan fingerprint density at radius 1 is 1.46 bits per heavy atom. The second kappa shape index (κ2) is 6.63. The highest BCUT2D eigenvalue weighted by Crippen LogP contribution is 2.35. The first-order valence-electron chi connectivity index (χ1n) is 8.78. The van der Waals surface area contributed by atoms with Gasteiger partial charge < -0.3 is 19.5 Å². The zero-order chi connectivity index (χ0) is 19.1. The number of methoxy groups -OCH3 is 1. The van der Waals surface area contributed by atoms with Crippen LogP contribution in [-0.4, -0.2) is 64.9 Å². The lowest BCUT2D eigenvalue weighted by molar-refractivity contribution is -0.136. The number of likely N-dealkylation sites (N-methyl/N-ethyl adjacent to an activating group) is 1. The number of carbonyl (C=O) groups is 2. The number of benzene rings is 1. The van der Waals surface area contributed by atoms with E-state index in [0.29, 0.717) is 13.0 Å². The molecule has 1 saturated heterocycles. The van der Waals surface area contributed by atoms with Crippen LogP contribution < -0.4 is 4.74 Å². The number of hydrogen-bond donors (Lipinski definition) is 1. The molecule has 1 atom stereocenters. The van der Waals surface area contributed by atoms with E-state index in [4.69, 9.17) is 4.74 Å². The van der Waals surface area contributed by atoms with Crippen molar-refractivity contribution in [3.05, 3.63) is 24.0 Å². The molecule has 1 N–H and O–H groups in total. The summed E-state index contributed by atoms with van der Waals surface area (Å²) in [5.74, 6) is 1.31. The summed E-state index contributed by atoms with van der Waals surface area (Å²) in [7, 11) is 5.18. The molecular weight excluding hydrogens is 332 g/mol. The number of nitrogens with one attached hydrogen (secondary N) is 1. The quantitative estimate of drug-likeness (QED) is 0.884. The van der Waals surface area contributed by atoms with E-state index in [1.54, 1.807) is 31.0 Å². The summed E-state index contributed by atoms with van der Waals surface area (Å²) in [4.78, 5) is 36.0. The van der Waals surface area contributed by atoms with E-state index in [-0.39, 0.29) is 24.2 Å². The van der Waals surface area contributed by atoms with Crippen LogP contribution in [0.1, 0.15) is 26.1 Å². The second-order valence-electron chi connectivity index (χ2n) is 7.44. The first-order chi connectivity index (χ1) is 12.2. The van der Waals surface area contributed by atoms with Crippen LogP contribution in [0.25, 0.3) is 11.0 Å². The predicted molar refractivity (Wildman–Crippen MR) is 98.9 cm³/mol. The van der Waals surface area contributed by atoms with E-state index in [2.05, 4.69) is 9.97 Å². The standard InChI is InChI=1S/C19H26N4O3/c1-19(2)13(11-17(24)23(19)4)18(25)22(3)9-8-16-20-14-7-6-12(26-5)10-15(14)21-16/h6-7,10,13H,8-9,11H2,1-5H3,(H,20,21). The van der Waals surface area contributed by atoms with E-state index in [1.807, 2.05) is 32.0 Å². The van der Waals surface area contributed by atoms with Crippen LogP contribution in [0.3, 0.4) is 0 Å². The largest absolute Gasteiger partial charge is 0.497 e. The van der Waals surface area contributed by atoms with Crippen LogP contribution >= 0.6 is 0 Å². The lowest BCUT2D eigenvalue weighted by Crippen LogP contribution is -2.47. The van der Waals surface area contributed by atoms with Crippen LogP contribution in [-0.2, 0) is 16.0 Å². The number of ether oxygens (including phenoxy) is 1. The Labute approximate surface area is 153 Å². The van der Waals surface area contributed by atoms with Gasteiger partial charge >= 0.3 is 0 Å². The molecule has 0 aliphatic carbocycles. The summed E-state index contributed by atoms with van der Waals surface area (Å²) < 4.78 is 5.22. The minimum absolute atomic E-state index is 0.00507. The van der Waals surface area contributed by atoms with Gasteiger partial charge in [0, 0.05) is 45.1 Å². The molecule has 1 aliphatic heterocycles. The van der Waals surface area contributed by atoms with Crippen molar-refractivity contribution in [3.8, 4) is 5.75 Å². The van der Waals surface area contributed by atoms with Gasteiger partial charge in [-0.05, 0) is 26.0 Å². The Morgan fingerprint density at radius 3 is 2.81 bits per heavy atom. The van der Waals surface area contributed by atoms with Crippen molar-refractivity contribution in [2.45, 2.75) is 32.2 Å². The van der Waals surface area contributed by atoms with Crippen LogP contribution in [0.5, 0.6) is 5.75 Å². The average Bonchev–Trinajstić information content (AvgIpc) is 3.12. The first kappa shape index (κ1) is 18.2. The number of carbonyl (C=O) groups excluding carboxylic acids is 2. The second-order valence-corrected chi connectivity index (χ2v) is 7.44. The van der Waals surface area contributed by atoms with Gasteiger partial charge in [-0.2, -0.15) is 0 Å². The molecule has 7 nitrogen and oxygen atoms in total. The van der Waals surface area contributed by atoms with Crippen molar-refractivity contribution in [3.63, 3.8) is 0 Å². The van der Waals surface area contributed by atoms with Crippen LogP contribution in [0.15, 0.2) is 18.2 Å². The van der Waals surface area contributed by atoms with Gasteiger partial charge in [-0.1, -0.05) is 0 Å². The Morgan fingerprint density at radius 2 is 2.19 bits per heavy atom. The molecule has 140 valence electrons. The topological polar surface area (TPSA) is 78.5 Å². The predicted octanol–water partition coefficient (Wildman–Crippen LogP) is 1.83. The summed E-state index contributed by atoms with van der Waals surface area (Å²) in [6.45, 7) is 4.43. The zero-order valence-electron chi connectivity index (χ0n) is 16.0. The van der Waals surface area contributed by atoms with Crippen molar-refractivity contribution < 1.29 is 14.3 Å². The SMILES string of the molecule is COc1ccc2nc(CCN(C)C(=O)C3CC(=O)N(C)C3(C)C)[nH]c2c1. The molecule has 26 heavy (non-hydrogen) atoms. The van der Waals surface area contributed by atoms with E-state index >= 15 is 0 Å². The molecule has 1 aliphatic rings. The third-order valence-corrected chi connectivity index (χ3v) is 5.57. The van der Waals surface area contributed by atoms with Gasteiger partial charge in [0.15, 0.2) is 0 Å². The number of nitrogens with zero attached hydrogens (tertiary/aromatic N) is 3. The number of hydrogen-bond acceptors (Lipinski definition) is 4. The number of fused-ring (bicyclic) bond motifs is 1. The van der Waals surface area contributed by atoms with Crippen molar-refractivity contribution in [1.82, 2.24) is 19.8 Å². The highest BCUT2D eigenvalue weighted by Gasteiger charge is 2.48. The molecule has 2 heterocycles. The van der Waals surface area contributed by atoms with E-state index < -0.39 is 5.54 Å². The van der Waals surface area contributed by atoms with Crippen LogP contribution in [0, 0.1) is 5.92 Å². The highest BCUT2D eigenvalue weighted by molar-refractivity contribution is 5.90. The summed E-state index contributed by atoms with van der Waals surface area (Å²) >= 11 is 0. The third-order valence-electron chi connectivity index (χ3n) is 5.57. The normalized spacial score (nSPS) is 19.2. The molecule has 1 aromatic carbocycles. The Hall–Kier alpha value is -2.57. The lowest BCUT2D eigenvalue weighted by Gasteiger charge is -2.34. The molecule has 0 saturated carbocycles. The van der Waals surface area contributed by atoms with Crippen molar-refractivity contribution >= 4 is 22.8 Å². The fourth-order valence-electron chi connectivity index (χ4n) is 3.44. The summed E-state index contributed by atoms with van der Waals surface area (Å²) in [5.41, 5.74) is 1.33. The lowest BCUT2D eigenvalue weighted by atomic mass is 9.87. The van der Waals surface area contributed by atoms with Gasteiger partial charge in [-0.25, -0.2) is 4.98 Å². The Balaban J connectivity index is 1.66. The average molecular weight is 358 g/mol. The fourth-order valence-corrected chi connectivity index (χ4v) is 3.44. The number of likely N-dealkylation sites (tertiary alicyclic amines) is 1. The van der Waals surface area contributed by atoms with Gasteiger partial charge in [-0.15, -0.1) is 0 Å². The molecular formula is C19H26N4O3. The summed E-state index contributed by atoms with van der Waals surface area (Å²) in [5, 5.41) is 0. The maximum absolute atomic E-state index is 12.8. The van der Waals surface area contributed by atoms with Crippen LogP contribution in [0.2, 0.25) is 0 Å². The summed E-state index contributed by atoms with van der Waals surface area (Å²) in [6.07, 6.45) is 0.896. The smallest absolute Gasteiger partial charge is 0.228 e. The molecule has 1 fully saturated rings. The maximum Gasteiger partial charge on any atom is 0.228 e. The third kappa shape index (κ3) is 3.13. The molecule has 7 heteroatoms. The molecule has 0 spiro atoms. The van der Waals surface area contributed by atoms with E-state index in [1.165, 1.54) is 0 Å². The molecule has 2 amide bonds. The number of aromatic nitrogens is 2. The van der Waals surface area contributed by atoms with Crippen LogP contribution in [0.4, 0.5) is 0 Å². The Bertz CT molecular complexity index is 842. The van der Waals surface area contributed by atoms with Gasteiger partial charge in [0.05, 0.1) is 24.1 Å². The monoisotopic (exact) mass is 358 g/mol. The van der Waals surface area contributed by atoms with Crippen molar-refractivity contribution in [1.29, 1.82) is 0 Å². The molecule has 1 unspecified atom stereocenters. The summed E-state index contributed by atoms with van der Waals surface area (Å²) in [6, 6.07) is 5.69. The highest BCUT2D eigenvalue weighted by atomic mass is 16.5. The minimum atomic E-state index is -0.460. The van der Waals surface area contributed by atoms with Crippen molar-refractivity contribution in [2.24, 2.45) is 5.92 Å². The van der Waals surface area contributed by atoms with E-state index in [9.17, 15) is 9.59 Å². The van der Waals surface area contributed by atoms with Crippen molar-refractivity contribution in [2.75, 3.05) is 27.7 Å². The molecule has 1 aromatic heterocycles. The minimum Gasteiger partial charge on any atom is -0.497 e. The Kier molecular flexibility index (Phi) is 4.64. The fraction of sp³-hybridized carbons (Fsp3) is 0.526. The molecule has 0 radical (unpaired) electrons. The van der Waals surface area contributed by atoms with Gasteiger partial charge in [-0.3, -0.25) is 9.59 Å². The number of rotatable bonds is 5. The molecule has 2 aromatic rings. The number of H-pyrrole nitrogens is 1.